The molecule has 1 aromatic rings. The summed E-state index contributed by atoms with van der Waals surface area (Å²) in [6.07, 6.45) is 0. The summed E-state index contributed by atoms with van der Waals surface area (Å²) >= 11 is 0. The van der Waals surface area contributed by atoms with Gasteiger partial charge in [-0.15, -0.1) is 0 Å². The normalized spacial score (nSPS) is 15.4. The Bertz CT molecular complexity index is 585. The first-order chi connectivity index (χ1) is 9.45. The monoisotopic (exact) mass is 277 g/mol. The number of Topliss-reactive ketones (excluding diaryl/α,β-unsaturated/α-hetero) is 1. The van der Waals surface area contributed by atoms with E-state index in [1.807, 2.05) is 14.0 Å². The fourth-order valence-corrected chi connectivity index (χ4v) is 2.31. The van der Waals surface area contributed by atoms with Gasteiger partial charge in [-0.3, -0.25) is 19.7 Å². The third kappa shape index (κ3) is 2.39. The van der Waals surface area contributed by atoms with Crippen LogP contribution in [0.25, 0.3) is 0 Å². The van der Waals surface area contributed by atoms with Gasteiger partial charge in [0.2, 0.25) is 0 Å². The predicted octanol–water partition coefficient (Wildman–Crippen LogP) is 0.980. The summed E-state index contributed by atoms with van der Waals surface area (Å²) in [4.78, 5) is 35.4. The highest BCUT2D eigenvalue weighted by Crippen LogP contribution is 2.32. The summed E-state index contributed by atoms with van der Waals surface area (Å²) in [5.41, 5.74) is 0.379. The van der Waals surface area contributed by atoms with Crippen molar-refractivity contribution in [3.8, 4) is 0 Å². The second kappa shape index (κ2) is 5.38. The summed E-state index contributed by atoms with van der Waals surface area (Å²) in [5.74, 6) is -1.14. The fourth-order valence-electron chi connectivity index (χ4n) is 2.31. The number of nitro benzene ring substituents is 1. The Morgan fingerprint density at radius 2 is 2.10 bits per heavy atom. The van der Waals surface area contributed by atoms with E-state index in [-0.39, 0.29) is 17.2 Å². The number of nitrogens with zero attached hydrogens (tertiary/aromatic N) is 2. The van der Waals surface area contributed by atoms with Crippen LogP contribution in [0, 0.1) is 16.0 Å². The molecule has 0 saturated heterocycles. The molecule has 1 amide bonds. The van der Waals surface area contributed by atoms with E-state index >= 15 is 0 Å². The van der Waals surface area contributed by atoms with Crippen molar-refractivity contribution >= 4 is 23.1 Å². The zero-order valence-electron chi connectivity index (χ0n) is 11.3. The largest absolute Gasteiger partial charge is 0.319 e. The van der Waals surface area contributed by atoms with Crippen molar-refractivity contribution in [1.29, 1.82) is 0 Å². The van der Waals surface area contributed by atoms with Crippen molar-refractivity contribution in [2.75, 3.05) is 25.0 Å². The van der Waals surface area contributed by atoms with Crippen molar-refractivity contribution in [2.24, 2.45) is 5.92 Å². The number of benzene rings is 1. The molecule has 1 heterocycles. The maximum atomic E-state index is 12.0. The molecular formula is C13H15N3O4. The van der Waals surface area contributed by atoms with Crippen LogP contribution >= 0.6 is 0 Å². The number of fused-ring (bicyclic) bond motifs is 1. The number of carbonyl (C=O) groups is 2. The Morgan fingerprint density at radius 1 is 1.40 bits per heavy atom. The van der Waals surface area contributed by atoms with Gasteiger partial charge in [0.05, 0.1) is 16.2 Å². The van der Waals surface area contributed by atoms with E-state index in [9.17, 15) is 19.7 Å². The van der Waals surface area contributed by atoms with Crippen molar-refractivity contribution in [3.63, 3.8) is 0 Å². The summed E-state index contributed by atoms with van der Waals surface area (Å²) in [6.45, 7) is 3.06. The van der Waals surface area contributed by atoms with Crippen molar-refractivity contribution in [2.45, 2.75) is 6.92 Å². The van der Waals surface area contributed by atoms with E-state index in [1.165, 1.54) is 17.0 Å². The number of nitrogens with one attached hydrogen (secondary N) is 1. The van der Waals surface area contributed by atoms with E-state index in [0.717, 1.165) is 6.07 Å². The molecule has 1 atom stereocenters. The van der Waals surface area contributed by atoms with Crippen LogP contribution in [0.5, 0.6) is 0 Å². The minimum atomic E-state index is -0.680. The highest BCUT2D eigenvalue weighted by atomic mass is 16.6. The van der Waals surface area contributed by atoms with Crippen LogP contribution in [0.1, 0.15) is 17.3 Å². The van der Waals surface area contributed by atoms with Gasteiger partial charge in [-0.1, -0.05) is 6.92 Å². The number of ketones is 1. The zero-order chi connectivity index (χ0) is 14.9. The van der Waals surface area contributed by atoms with Crippen LogP contribution < -0.4 is 10.2 Å². The molecule has 1 N–H and O–H groups in total. The van der Waals surface area contributed by atoms with Gasteiger partial charge in [0.15, 0.2) is 0 Å². The molecule has 0 bridgehead atoms. The first-order valence-electron chi connectivity index (χ1n) is 6.25. The van der Waals surface area contributed by atoms with Crippen LogP contribution in [-0.2, 0) is 4.79 Å². The lowest BCUT2D eigenvalue weighted by molar-refractivity contribution is -0.384. The van der Waals surface area contributed by atoms with Crippen LogP contribution in [0.3, 0.4) is 0 Å². The third-order valence-corrected chi connectivity index (χ3v) is 3.21. The Kier molecular flexibility index (Phi) is 3.80. The lowest BCUT2D eigenvalue weighted by Gasteiger charge is -2.20. The van der Waals surface area contributed by atoms with Gasteiger partial charge in [0.25, 0.3) is 17.4 Å². The maximum Gasteiger partial charge on any atom is 0.299 e. The molecule has 0 aromatic heterocycles. The zero-order valence-corrected chi connectivity index (χ0v) is 11.3. The molecule has 2 rings (SSSR count). The highest BCUT2D eigenvalue weighted by molar-refractivity contribution is 6.52. The summed E-state index contributed by atoms with van der Waals surface area (Å²) in [5, 5.41) is 13.7. The number of carbonyl (C=O) groups excluding carboxylic acids is 2. The van der Waals surface area contributed by atoms with Gasteiger partial charge in [0, 0.05) is 18.7 Å². The third-order valence-electron chi connectivity index (χ3n) is 3.21. The lowest BCUT2D eigenvalue weighted by Crippen LogP contribution is -2.36. The number of rotatable bonds is 5. The molecule has 0 saturated carbocycles. The topological polar surface area (TPSA) is 92.6 Å². The molecule has 20 heavy (non-hydrogen) atoms. The standard InChI is InChI=1S/C13H15N3O4/c1-8(6-14-2)7-15-11-4-3-9(16(19)20)5-10(11)12(17)13(15)18/h3-5,8,14H,6-7H2,1-2H3. The summed E-state index contributed by atoms with van der Waals surface area (Å²) in [7, 11) is 1.81. The van der Waals surface area contributed by atoms with Gasteiger partial charge in [0.1, 0.15) is 0 Å². The molecule has 1 aromatic carbocycles. The number of hydrogen-bond donors (Lipinski definition) is 1. The quantitative estimate of drug-likeness (QED) is 0.492. The number of nitro groups is 1. The van der Waals surface area contributed by atoms with E-state index < -0.39 is 16.6 Å². The summed E-state index contributed by atoms with van der Waals surface area (Å²) < 4.78 is 0. The van der Waals surface area contributed by atoms with E-state index in [2.05, 4.69) is 5.32 Å². The lowest BCUT2D eigenvalue weighted by atomic mass is 10.1. The van der Waals surface area contributed by atoms with Gasteiger partial charge in [-0.05, 0) is 25.6 Å². The second-order valence-corrected chi connectivity index (χ2v) is 4.87. The fraction of sp³-hybridized carbons (Fsp3) is 0.385. The van der Waals surface area contributed by atoms with Crippen molar-refractivity contribution in [3.05, 3.63) is 33.9 Å². The van der Waals surface area contributed by atoms with Crippen LogP contribution in [0.2, 0.25) is 0 Å². The van der Waals surface area contributed by atoms with Crippen LogP contribution in [-0.4, -0.2) is 36.8 Å². The SMILES string of the molecule is CNCC(C)CN1C(=O)C(=O)c2cc([N+](=O)[O-])ccc21. The molecule has 0 spiro atoms. The van der Waals surface area contributed by atoms with Crippen molar-refractivity contribution in [1.82, 2.24) is 5.32 Å². The highest BCUT2D eigenvalue weighted by Gasteiger charge is 2.37. The van der Waals surface area contributed by atoms with Crippen molar-refractivity contribution < 1.29 is 14.5 Å². The average molecular weight is 277 g/mol. The Balaban J connectivity index is 2.33. The average Bonchev–Trinajstić information content (AvgIpc) is 2.64. The predicted molar refractivity (Wildman–Crippen MR) is 72.9 cm³/mol. The Hall–Kier alpha value is -2.28. The molecule has 1 aliphatic heterocycles. The number of hydrogen-bond acceptors (Lipinski definition) is 5. The second-order valence-electron chi connectivity index (χ2n) is 4.87. The van der Waals surface area contributed by atoms with E-state index in [1.54, 1.807) is 0 Å². The minimum Gasteiger partial charge on any atom is -0.319 e. The summed E-state index contributed by atoms with van der Waals surface area (Å²) in [6, 6.07) is 3.93. The van der Waals surface area contributed by atoms with Gasteiger partial charge in [-0.25, -0.2) is 0 Å². The molecule has 0 fully saturated rings. The molecule has 0 radical (unpaired) electrons. The molecule has 7 heteroatoms. The maximum absolute atomic E-state index is 12.0. The number of amides is 1. The van der Waals surface area contributed by atoms with Gasteiger partial charge >= 0.3 is 0 Å². The Labute approximate surface area is 115 Å². The first kappa shape index (κ1) is 14.1. The molecule has 0 aliphatic carbocycles. The first-order valence-corrected chi connectivity index (χ1v) is 6.25. The minimum absolute atomic E-state index is 0.112. The van der Waals surface area contributed by atoms with Gasteiger partial charge < -0.3 is 10.2 Å². The molecule has 1 aliphatic rings. The van der Waals surface area contributed by atoms with Crippen LogP contribution in [0.15, 0.2) is 18.2 Å². The molecule has 106 valence electrons. The van der Waals surface area contributed by atoms with Crippen LogP contribution in [0.4, 0.5) is 11.4 Å². The number of anilines is 1. The smallest absolute Gasteiger partial charge is 0.299 e. The molecular weight excluding hydrogens is 262 g/mol. The van der Waals surface area contributed by atoms with E-state index in [0.29, 0.717) is 18.8 Å². The van der Waals surface area contributed by atoms with Gasteiger partial charge in [-0.2, -0.15) is 0 Å². The number of non-ortho nitro benzene ring substituents is 1. The molecule has 7 nitrogen and oxygen atoms in total. The molecule has 1 unspecified atom stereocenters. The van der Waals surface area contributed by atoms with E-state index in [4.69, 9.17) is 0 Å². The Morgan fingerprint density at radius 3 is 2.70 bits per heavy atom.